The zero-order chi connectivity index (χ0) is 17.8. The summed E-state index contributed by atoms with van der Waals surface area (Å²) >= 11 is 0. The average Bonchev–Trinajstić information content (AvgIpc) is 3.26. The number of aromatic amines is 1. The Morgan fingerprint density at radius 2 is 1.22 bits per heavy atom. The van der Waals surface area contributed by atoms with Crippen LogP contribution in [-0.2, 0) is 0 Å². The molecule has 2 heteroatoms. The minimum absolute atomic E-state index is 0.161. The molecule has 0 saturated carbocycles. The molecule has 1 aromatic heterocycles. The van der Waals surface area contributed by atoms with E-state index in [9.17, 15) is 0 Å². The first-order valence-electron chi connectivity index (χ1n) is 9.34. The number of aromatic nitrogens is 1. The first-order valence-corrected chi connectivity index (χ1v) is 9.34. The largest absolute Gasteiger partial charge is 0.372 e. The van der Waals surface area contributed by atoms with Gasteiger partial charge < -0.3 is 10.3 Å². The molecule has 1 aliphatic carbocycles. The molecule has 0 fully saturated rings. The van der Waals surface area contributed by atoms with Crippen molar-refractivity contribution in [1.82, 2.24) is 4.98 Å². The Kier molecular flexibility index (Phi) is 2.97. The molecule has 1 heterocycles. The Labute approximate surface area is 157 Å². The van der Waals surface area contributed by atoms with Crippen molar-refractivity contribution >= 4 is 27.5 Å². The number of benzene rings is 4. The third-order valence-electron chi connectivity index (χ3n) is 5.67. The zero-order valence-electron chi connectivity index (χ0n) is 14.7. The van der Waals surface area contributed by atoms with E-state index in [1.807, 2.05) is 0 Å². The Balaban J connectivity index is 1.54. The molecule has 27 heavy (non-hydrogen) atoms. The van der Waals surface area contributed by atoms with E-state index in [1.54, 1.807) is 0 Å². The van der Waals surface area contributed by atoms with Gasteiger partial charge in [0, 0.05) is 16.3 Å². The summed E-state index contributed by atoms with van der Waals surface area (Å²) in [5.74, 6) is 0. The van der Waals surface area contributed by atoms with Crippen molar-refractivity contribution in [2.45, 2.75) is 6.04 Å². The van der Waals surface area contributed by atoms with Gasteiger partial charge in [-0.15, -0.1) is 0 Å². The highest BCUT2D eigenvalue weighted by atomic mass is 14.9. The molecule has 0 aliphatic heterocycles. The van der Waals surface area contributed by atoms with Crippen LogP contribution in [0.1, 0.15) is 17.2 Å². The van der Waals surface area contributed by atoms with E-state index in [-0.39, 0.29) is 6.04 Å². The number of hydrogen-bond acceptors (Lipinski definition) is 1. The van der Waals surface area contributed by atoms with Crippen LogP contribution in [0.15, 0.2) is 91.0 Å². The van der Waals surface area contributed by atoms with Gasteiger partial charge in [-0.25, -0.2) is 0 Å². The molecule has 128 valence electrons. The van der Waals surface area contributed by atoms with Gasteiger partial charge in [0.25, 0.3) is 0 Å². The lowest BCUT2D eigenvalue weighted by Crippen LogP contribution is -2.09. The molecule has 0 saturated heterocycles. The molecule has 2 nitrogen and oxygen atoms in total. The lowest BCUT2D eigenvalue weighted by atomic mass is 10.0. The molecule has 0 atom stereocenters. The first-order chi connectivity index (χ1) is 13.4. The number of para-hydroxylation sites is 2. The van der Waals surface area contributed by atoms with Crippen LogP contribution < -0.4 is 5.32 Å². The van der Waals surface area contributed by atoms with Crippen LogP contribution in [-0.4, -0.2) is 4.98 Å². The Morgan fingerprint density at radius 1 is 0.593 bits per heavy atom. The molecule has 0 amide bonds. The second-order valence-corrected chi connectivity index (χ2v) is 7.15. The summed E-state index contributed by atoms with van der Waals surface area (Å²) in [6.45, 7) is 0. The third kappa shape index (κ3) is 2.07. The van der Waals surface area contributed by atoms with Crippen LogP contribution in [0.5, 0.6) is 0 Å². The van der Waals surface area contributed by atoms with Gasteiger partial charge >= 0.3 is 0 Å². The summed E-state index contributed by atoms with van der Waals surface area (Å²) in [6, 6.07) is 32.6. The molecule has 0 unspecified atom stereocenters. The van der Waals surface area contributed by atoms with E-state index in [1.165, 1.54) is 44.1 Å². The molecule has 0 bridgehead atoms. The predicted molar refractivity (Wildman–Crippen MR) is 113 cm³/mol. The van der Waals surface area contributed by atoms with Gasteiger partial charge in [0.1, 0.15) is 0 Å². The summed E-state index contributed by atoms with van der Waals surface area (Å²) in [7, 11) is 0. The van der Waals surface area contributed by atoms with Crippen molar-refractivity contribution in [2.75, 3.05) is 5.32 Å². The van der Waals surface area contributed by atoms with Gasteiger partial charge in [-0.1, -0.05) is 78.9 Å². The molecule has 6 rings (SSSR count). The Morgan fingerprint density at radius 3 is 2.00 bits per heavy atom. The number of H-pyrrole nitrogens is 1. The summed E-state index contributed by atoms with van der Waals surface area (Å²) in [5, 5.41) is 6.35. The van der Waals surface area contributed by atoms with E-state index in [4.69, 9.17) is 0 Å². The molecule has 4 aromatic carbocycles. The number of hydrogen-bond donors (Lipinski definition) is 2. The van der Waals surface area contributed by atoms with E-state index in [2.05, 4.69) is 101 Å². The van der Waals surface area contributed by atoms with Crippen LogP contribution in [0.4, 0.5) is 5.69 Å². The molecule has 5 aromatic rings. The molecule has 0 spiro atoms. The average molecular weight is 346 g/mol. The Hall–Kier alpha value is -3.52. The normalized spacial score (nSPS) is 13.0. The fourth-order valence-corrected chi connectivity index (χ4v) is 4.46. The standard InChI is InChI=1S/C25H18N2/c1-3-11-19-16(8-1)17-9-2-4-12-20(17)24(19)27-23-15-7-13-21-18-10-5-6-14-22(18)26-25(21)23/h1-15,24,26-27H. The minimum Gasteiger partial charge on any atom is -0.372 e. The molecular weight excluding hydrogens is 328 g/mol. The lowest BCUT2D eigenvalue weighted by molar-refractivity contribution is 0.976. The number of rotatable bonds is 2. The second kappa shape index (κ2) is 5.49. The van der Waals surface area contributed by atoms with Crippen molar-refractivity contribution in [3.63, 3.8) is 0 Å². The molecule has 0 radical (unpaired) electrons. The topological polar surface area (TPSA) is 27.8 Å². The molecular formula is C25H18N2. The van der Waals surface area contributed by atoms with Crippen molar-refractivity contribution in [2.24, 2.45) is 0 Å². The lowest BCUT2D eigenvalue weighted by Gasteiger charge is -2.18. The Bertz CT molecular complexity index is 1270. The maximum absolute atomic E-state index is 3.83. The number of nitrogens with one attached hydrogen (secondary N) is 2. The second-order valence-electron chi connectivity index (χ2n) is 7.15. The summed E-state index contributed by atoms with van der Waals surface area (Å²) in [5.41, 5.74) is 8.82. The van der Waals surface area contributed by atoms with E-state index in [0.717, 1.165) is 5.69 Å². The highest BCUT2D eigenvalue weighted by molar-refractivity contribution is 6.11. The van der Waals surface area contributed by atoms with Crippen molar-refractivity contribution in [1.29, 1.82) is 0 Å². The van der Waals surface area contributed by atoms with E-state index < -0.39 is 0 Å². The monoisotopic (exact) mass is 346 g/mol. The van der Waals surface area contributed by atoms with Crippen molar-refractivity contribution in [3.05, 3.63) is 102 Å². The van der Waals surface area contributed by atoms with Gasteiger partial charge in [-0.05, 0) is 34.4 Å². The molecule has 2 N–H and O–H groups in total. The summed E-state index contributed by atoms with van der Waals surface area (Å²) in [6.07, 6.45) is 0. The van der Waals surface area contributed by atoms with Crippen LogP contribution in [0.2, 0.25) is 0 Å². The van der Waals surface area contributed by atoms with Gasteiger partial charge in [0.2, 0.25) is 0 Å². The predicted octanol–water partition coefficient (Wildman–Crippen LogP) is 6.50. The smallest absolute Gasteiger partial charge is 0.0780 e. The first kappa shape index (κ1) is 14.6. The van der Waals surface area contributed by atoms with Crippen LogP contribution >= 0.6 is 0 Å². The third-order valence-corrected chi connectivity index (χ3v) is 5.67. The van der Waals surface area contributed by atoms with Crippen molar-refractivity contribution < 1.29 is 0 Å². The summed E-state index contributed by atoms with van der Waals surface area (Å²) < 4.78 is 0. The quantitative estimate of drug-likeness (QED) is 0.375. The SMILES string of the molecule is c1ccc2c(c1)-c1ccccc1C2Nc1cccc2c1[nH]c1ccccc12. The maximum Gasteiger partial charge on any atom is 0.0780 e. The van der Waals surface area contributed by atoms with Crippen LogP contribution in [0.3, 0.4) is 0 Å². The summed E-state index contributed by atoms with van der Waals surface area (Å²) in [4.78, 5) is 3.61. The highest BCUT2D eigenvalue weighted by Crippen LogP contribution is 2.45. The van der Waals surface area contributed by atoms with E-state index >= 15 is 0 Å². The highest BCUT2D eigenvalue weighted by Gasteiger charge is 2.28. The van der Waals surface area contributed by atoms with Gasteiger partial charge in [0.15, 0.2) is 0 Å². The zero-order valence-corrected chi connectivity index (χ0v) is 14.7. The van der Waals surface area contributed by atoms with Gasteiger partial charge in [-0.2, -0.15) is 0 Å². The maximum atomic E-state index is 3.83. The fraction of sp³-hybridized carbons (Fsp3) is 0.0400. The van der Waals surface area contributed by atoms with Gasteiger partial charge in [-0.3, -0.25) is 0 Å². The van der Waals surface area contributed by atoms with Gasteiger partial charge in [0.05, 0.1) is 17.2 Å². The fourth-order valence-electron chi connectivity index (χ4n) is 4.46. The van der Waals surface area contributed by atoms with Crippen molar-refractivity contribution in [3.8, 4) is 11.1 Å². The van der Waals surface area contributed by atoms with E-state index in [0.29, 0.717) is 0 Å². The molecule has 1 aliphatic rings. The van der Waals surface area contributed by atoms with Crippen LogP contribution in [0.25, 0.3) is 32.9 Å². The number of anilines is 1. The van der Waals surface area contributed by atoms with Crippen LogP contribution in [0, 0.1) is 0 Å². The number of fused-ring (bicyclic) bond motifs is 6. The minimum atomic E-state index is 0.161.